The SMILES string of the molecule is Cc1cnn([C@H]2C[C@H]3CN(Cc4nccs4)C[C@H]3C[C@@H]2Oc2ccccn2)c1. The number of ether oxygens (including phenoxy) is 1. The van der Waals surface area contributed by atoms with Crippen LogP contribution < -0.4 is 4.74 Å². The highest BCUT2D eigenvalue weighted by atomic mass is 32.1. The molecular weight excluding hydrogens is 370 g/mol. The van der Waals surface area contributed by atoms with Crippen LogP contribution in [-0.2, 0) is 6.54 Å². The molecule has 28 heavy (non-hydrogen) atoms. The smallest absolute Gasteiger partial charge is 0.213 e. The van der Waals surface area contributed by atoms with Gasteiger partial charge >= 0.3 is 0 Å². The quantitative estimate of drug-likeness (QED) is 0.661. The molecule has 5 rings (SSSR count). The van der Waals surface area contributed by atoms with Gasteiger partial charge in [0, 0.05) is 43.1 Å². The molecule has 7 heteroatoms. The number of pyridine rings is 1. The van der Waals surface area contributed by atoms with E-state index in [0.717, 1.165) is 32.5 Å². The van der Waals surface area contributed by atoms with E-state index in [1.165, 1.54) is 10.6 Å². The van der Waals surface area contributed by atoms with Gasteiger partial charge in [0.1, 0.15) is 11.1 Å². The molecule has 4 atom stereocenters. The average molecular weight is 396 g/mol. The van der Waals surface area contributed by atoms with Crippen molar-refractivity contribution in [2.24, 2.45) is 11.8 Å². The Bertz CT molecular complexity index is 897. The normalized spacial score (nSPS) is 27.6. The van der Waals surface area contributed by atoms with E-state index in [2.05, 4.69) is 43.1 Å². The number of aromatic nitrogens is 4. The van der Waals surface area contributed by atoms with E-state index >= 15 is 0 Å². The maximum atomic E-state index is 6.38. The van der Waals surface area contributed by atoms with Crippen molar-refractivity contribution in [3.05, 3.63) is 58.9 Å². The number of hydrogen-bond acceptors (Lipinski definition) is 6. The number of thiazole rings is 1. The Balaban J connectivity index is 1.35. The average Bonchev–Trinajstić information content (AvgIpc) is 3.43. The number of fused-ring (bicyclic) bond motifs is 1. The van der Waals surface area contributed by atoms with Crippen molar-refractivity contribution in [3.63, 3.8) is 0 Å². The summed E-state index contributed by atoms with van der Waals surface area (Å²) in [5.41, 5.74) is 1.19. The molecule has 0 unspecified atom stereocenters. The zero-order chi connectivity index (χ0) is 18.9. The van der Waals surface area contributed by atoms with Crippen LogP contribution in [0.2, 0.25) is 0 Å². The van der Waals surface area contributed by atoms with Gasteiger partial charge in [-0.3, -0.25) is 9.58 Å². The molecule has 0 amide bonds. The second-order valence-corrected chi connectivity index (χ2v) is 8.98. The number of aryl methyl sites for hydroxylation is 1. The van der Waals surface area contributed by atoms with Gasteiger partial charge in [-0.05, 0) is 43.2 Å². The first-order chi connectivity index (χ1) is 13.7. The molecule has 0 N–H and O–H groups in total. The monoisotopic (exact) mass is 395 g/mol. The van der Waals surface area contributed by atoms with E-state index in [1.807, 2.05) is 30.6 Å². The molecule has 2 fully saturated rings. The van der Waals surface area contributed by atoms with E-state index in [1.54, 1.807) is 17.5 Å². The molecule has 3 aromatic heterocycles. The van der Waals surface area contributed by atoms with Gasteiger partial charge in [0.05, 0.1) is 18.8 Å². The van der Waals surface area contributed by atoms with Crippen molar-refractivity contribution in [2.45, 2.75) is 38.5 Å². The van der Waals surface area contributed by atoms with Crippen LogP contribution in [-0.4, -0.2) is 43.8 Å². The van der Waals surface area contributed by atoms with Gasteiger partial charge in [-0.15, -0.1) is 11.3 Å². The second-order valence-electron chi connectivity index (χ2n) is 8.00. The summed E-state index contributed by atoms with van der Waals surface area (Å²) in [5.74, 6) is 2.04. The number of hydrogen-bond donors (Lipinski definition) is 0. The molecule has 0 aromatic carbocycles. The molecule has 6 nitrogen and oxygen atoms in total. The largest absolute Gasteiger partial charge is 0.472 e. The molecule has 0 bridgehead atoms. The standard InChI is InChI=1S/C21H25N5OS/c1-15-10-24-26(11-15)18-8-16-12-25(14-21-23-6-7-28-21)13-17(16)9-19(18)27-20-4-2-3-5-22-20/h2-7,10-11,16-19H,8-9,12-14H2,1H3/t16-,17+,18-,19-/m0/s1. The van der Waals surface area contributed by atoms with E-state index in [4.69, 9.17) is 4.74 Å². The minimum atomic E-state index is 0.0928. The summed E-state index contributed by atoms with van der Waals surface area (Å²) in [5, 5.41) is 7.89. The van der Waals surface area contributed by atoms with Gasteiger partial charge in [-0.25, -0.2) is 9.97 Å². The van der Waals surface area contributed by atoms with Gasteiger partial charge in [-0.1, -0.05) is 6.07 Å². The molecule has 4 heterocycles. The summed E-state index contributed by atoms with van der Waals surface area (Å²) in [6, 6.07) is 6.09. The number of rotatable bonds is 5. The van der Waals surface area contributed by atoms with E-state index in [9.17, 15) is 0 Å². The lowest BCUT2D eigenvalue weighted by Gasteiger charge is -2.37. The van der Waals surface area contributed by atoms with Crippen LogP contribution in [0.5, 0.6) is 5.88 Å². The lowest BCUT2D eigenvalue weighted by Crippen LogP contribution is -2.40. The maximum Gasteiger partial charge on any atom is 0.213 e. The fourth-order valence-corrected chi connectivity index (χ4v) is 5.39. The van der Waals surface area contributed by atoms with Gasteiger partial charge < -0.3 is 4.74 Å². The van der Waals surface area contributed by atoms with Gasteiger partial charge in [0.25, 0.3) is 0 Å². The van der Waals surface area contributed by atoms with Crippen molar-refractivity contribution in [2.75, 3.05) is 13.1 Å². The Morgan fingerprint density at radius 3 is 2.75 bits per heavy atom. The lowest BCUT2D eigenvalue weighted by molar-refractivity contribution is 0.0459. The minimum Gasteiger partial charge on any atom is -0.472 e. The molecule has 1 saturated heterocycles. The predicted octanol–water partition coefficient (Wildman–Crippen LogP) is 3.57. The Labute approximate surface area is 169 Å². The summed E-state index contributed by atoms with van der Waals surface area (Å²) in [6.45, 7) is 5.31. The molecule has 3 aromatic rings. The highest BCUT2D eigenvalue weighted by Gasteiger charge is 2.44. The maximum absolute atomic E-state index is 6.38. The molecule has 0 spiro atoms. The van der Waals surface area contributed by atoms with Gasteiger partial charge in [0.15, 0.2) is 0 Å². The van der Waals surface area contributed by atoms with Crippen LogP contribution in [0.15, 0.2) is 48.4 Å². The fourth-order valence-electron chi connectivity index (χ4n) is 4.73. The number of nitrogens with zero attached hydrogens (tertiary/aromatic N) is 5. The van der Waals surface area contributed by atoms with E-state index in [0.29, 0.717) is 17.7 Å². The van der Waals surface area contributed by atoms with Crippen LogP contribution in [0.1, 0.15) is 29.5 Å². The van der Waals surface area contributed by atoms with Crippen LogP contribution in [0, 0.1) is 18.8 Å². The zero-order valence-corrected chi connectivity index (χ0v) is 16.8. The third kappa shape index (κ3) is 3.69. The minimum absolute atomic E-state index is 0.0928. The van der Waals surface area contributed by atoms with Crippen LogP contribution >= 0.6 is 11.3 Å². The summed E-state index contributed by atoms with van der Waals surface area (Å²) in [4.78, 5) is 11.4. The molecule has 1 aliphatic carbocycles. The van der Waals surface area contributed by atoms with E-state index < -0.39 is 0 Å². The zero-order valence-electron chi connectivity index (χ0n) is 16.0. The van der Waals surface area contributed by atoms with Crippen molar-refractivity contribution < 1.29 is 4.74 Å². The van der Waals surface area contributed by atoms with Gasteiger partial charge in [0.2, 0.25) is 5.88 Å². The Hall–Kier alpha value is -2.25. The van der Waals surface area contributed by atoms with Crippen LogP contribution in [0.3, 0.4) is 0 Å². The topological polar surface area (TPSA) is 56.1 Å². The summed E-state index contributed by atoms with van der Waals surface area (Å²) >= 11 is 1.75. The van der Waals surface area contributed by atoms with Crippen molar-refractivity contribution in [1.29, 1.82) is 0 Å². The Morgan fingerprint density at radius 1 is 1.14 bits per heavy atom. The van der Waals surface area contributed by atoms with Gasteiger partial charge in [-0.2, -0.15) is 5.10 Å². The van der Waals surface area contributed by atoms with Crippen LogP contribution in [0.25, 0.3) is 0 Å². The summed E-state index contributed by atoms with van der Waals surface area (Å²) in [6.07, 6.45) is 10.00. The number of likely N-dealkylation sites (tertiary alicyclic amines) is 1. The molecular formula is C21H25N5OS. The van der Waals surface area contributed by atoms with Crippen molar-refractivity contribution in [1.82, 2.24) is 24.6 Å². The molecule has 2 aliphatic rings. The third-order valence-corrected chi connectivity index (χ3v) is 6.75. The van der Waals surface area contributed by atoms with Crippen molar-refractivity contribution >= 4 is 11.3 Å². The highest BCUT2D eigenvalue weighted by Crippen LogP contribution is 2.42. The first kappa shape index (κ1) is 17.8. The summed E-state index contributed by atoms with van der Waals surface area (Å²) < 4.78 is 8.49. The molecule has 0 radical (unpaired) electrons. The molecule has 146 valence electrons. The Kier molecular flexibility index (Phi) is 4.86. The molecule has 1 aliphatic heterocycles. The fraction of sp³-hybridized carbons (Fsp3) is 0.476. The lowest BCUT2D eigenvalue weighted by atomic mass is 9.77. The van der Waals surface area contributed by atoms with Crippen LogP contribution in [0.4, 0.5) is 0 Å². The van der Waals surface area contributed by atoms with E-state index in [-0.39, 0.29) is 12.1 Å². The first-order valence-electron chi connectivity index (χ1n) is 9.94. The first-order valence-corrected chi connectivity index (χ1v) is 10.8. The Morgan fingerprint density at radius 2 is 2.04 bits per heavy atom. The summed E-state index contributed by atoms with van der Waals surface area (Å²) in [7, 11) is 0. The predicted molar refractivity (Wildman–Crippen MR) is 108 cm³/mol. The third-order valence-electron chi connectivity index (χ3n) is 5.98. The highest BCUT2D eigenvalue weighted by molar-refractivity contribution is 7.09. The molecule has 1 saturated carbocycles. The van der Waals surface area contributed by atoms with Crippen molar-refractivity contribution in [3.8, 4) is 5.88 Å². The second kappa shape index (κ2) is 7.64.